The minimum atomic E-state index is 1.05. The molecule has 6 heterocycles. The van der Waals surface area contributed by atoms with Crippen molar-refractivity contribution in [1.29, 1.82) is 0 Å². The van der Waals surface area contributed by atoms with E-state index in [1.165, 1.54) is 63.9 Å². The summed E-state index contributed by atoms with van der Waals surface area (Å²) in [6, 6.07) is 126. The van der Waals surface area contributed by atoms with Gasteiger partial charge in [0.15, 0.2) is 0 Å². The molecule has 0 radical (unpaired) electrons. The lowest BCUT2D eigenvalue weighted by Crippen LogP contribution is -2.27. The van der Waals surface area contributed by atoms with Crippen LogP contribution in [0, 0.1) is 0 Å². The number of benzene rings is 15. The van der Waals surface area contributed by atoms with Crippen LogP contribution in [0.3, 0.4) is 0 Å². The van der Waals surface area contributed by atoms with Crippen molar-refractivity contribution in [1.82, 2.24) is 18.3 Å². The molecule has 0 unspecified atom stereocenters. The summed E-state index contributed by atoms with van der Waals surface area (Å²) >= 11 is 1.87. The summed E-state index contributed by atoms with van der Waals surface area (Å²) in [7, 11) is 0. The molecule has 97 heavy (non-hydrogen) atoms. The number of para-hydroxylation sites is 11. The van der Waals surface area contributed by atoms with Crippen LogP contribution in [0.5, 0.6) is 0 Å². The van der Waals surface area contributed by atoms with Crippen molar-refractivity contribution < 1.29 is 0 Å². The predicted molar refractivity (Wildman–Crippen MR) is 407 cm³/mol. The number of anilines is 6. The maximum atomic E-state index is 2.68. The van der Waals surface area contributed by atoms with Gasteiger partial charge in [0.2, 0.25) is 0 Å². The summed E-state index contributed by atoms with van der Waals surface area (Å²) in [4.78, 5) is 7.62. The van der Waals surface area contributed by atoms with Crippen LogP contribution in [0.1, 0.15) is 0 Å². The van der Waals surface area contributed by atoms with Gasteiger partial charge in [-0.3, -0.25) is 0 Å². The Kier molecular flexibility index (Phi) is 11.7. The third-order valence-electron chi connectivity index (χ3n) is 20.4. The van der Waals surface area contributed by atoms with E-state index in [0.29, 0.717) is 0 Å². The lowest BCUT2D eigenvalue weighted by molar-refractivity contribution is 1.08. The highest BCUT2D eigenvalue weighted by molar-refractivity contribution is 7.99. The van der Waals surface area contributed by atoms with Gasteiger partial charge in [0.05, 0.1) is 78.3 Å². The van der Waals surface area contributed by atoms with Crippen molar-refractivity contribution in [3.05, 3.63) is 340 Å². The normalized spacial score (nSPS) is 12.7. The third-order valence-corrected chi connectivity index (χ3v) is 21.5. The molecule has 0 amide bonds. The first-order valence-corrected chi connectivity index (χ1v) is 34.1. The van der Waals surface area contributed by atoms with E-state index in [9.17, 15) is 0 Å². The number of rotatable bonds is 8. The molecule has 4 aromatic heterocycles. The molecule has 7 heteroatoms. The summed E-state index contributed by atoms with van der Waals surface area (Å²) in [6.07, 6.45) is 0. The first-order valence-electron chi connectivity index (χ1n) is 33.2. The Labute approximate surface area is 563 Å². The van der Waals surface area contributed by atoms with Gasteiger partial charge in [-0.2, -0.15) is 0 Å². The zero-order valence-corrected chi connectivity index (χ0v) is 53.2. The summed E-state index contributed by atoms with van der Waals surface area (Å²) in [6.45, 7) is 0. The maximum absolute atomic E-state index is 2.68. The van der Waals surface area contributed by atoms with Gasteiger partial charge < -0.3 is 28.1 Å². The van der Waals surface area contributed by atoms with Crippen LogP contribution in [0.25, 0.3) is 143 Å². The van der Waals surface area contributed by atoms with Gasteiger partial charge in [-0.25, -0.2) is 0 Å². The highest BCUT2D eigenvalue weighted by atomic mass is 32.2. The van der Waals surface area contributed by atoms with Gasteiger partial charge in [-0.05, 0) is 120 Å². The molecule has 2 aliphatic rings. The smallest absolute Gasteiger partial charge is 0.0845 e. The van der Waals surface area contributed by atoms with E-state index in [4.69, 9.17) is 0 Å². The lowest BCUT2D eigenvalue weighted by atomic mass is 9.90. The van der Waals surface area contributed by atoms with E-state index in [0.717, 1.165) is 123 Å². The van der Waals surface area contributed by atoms with Crippen molar-refractivity contribution in [2.75, 3.05) is 9.80 Å². The molecule has 0 saturated carbocycles. The monoisotopic (exact) mass is 1250 g/mol. The van der Waals surface area contributed by atoms with Gasteiger partial charge in [-0.1, -0.05) is 242 Å². The Morgan fingerprint density at radius 2 is 0.567 bits per heavy atom. The number of hydrogen-bond donors (Lipinski definition) is 0. The standard InChI is InChI=1S/C90H56N6S/c1-4-25-57(26-5-1)58-53-84-90-86(54-58)97-85-56-62(92-77-45-18-12-33-65(77)66-34-13-19-46-78(66)92)50-52-82(85)95(90)81-51-49-61(91-75-43-16-10-31-63(75)64-32-11-17-44-76(64)91)55-83(81)96(84)89-73(71-39-22-37-69-67-35-14-20-47-79(67)93(87(69)71)59-27-6-2-7-28-59)41-24-42-74(89)72-40-23-38-70-68-36-15-21-48-80(68)94(88(70)72)60-29-8-3-9-30-60/h1-56H. The first kappa shape index (κ1) is 53.9. The van der Waals surface area contributed by atoms with Crippen LogP contribution in [-0.4, -0.2) is 18.3 Å². The molecule has 452 valence electrons. The predicted octanol–water partition coefficient (Wildman–Crippen LogP) is 24.8. The first-order chi connectivity index (χ1) is 48.2. The molecule has 21 rings (SSSR count). The largest absolute Gasteiger partial charge is 0.309 e. The van der Waals surface area contributed by atoms with Crippen molar-refractivity contribution in [2.45, 2.75) is 9.79 Å². The fourth-order valence-corrected chi connectivity index (χ4v) is 17.6. The average molecular weight is 1250 g/mol. The second-order valence-corrected chi connectivity index (χ2v) is 26.6. The second kappa shape index (κ2) is 21.0. The number of nitrogens with zero attached hydrogens (tertiary/aromatic N) is 6. The lowest BCUT2D eigenvalue weighted by Gasteiger charge is -2.45. The van der Waals surface area contributed by atoms with E-state index < -0.39 is 0 Å². The molecule has 0 aliphatic carbocycles. The van der Waals surface area contributed by atoms with Crippen molar-refractivity contribution in [3.63, 3.8) is 0 Å². The molecule has 0 atom stereocenters. The van der Waals surface area contributed by atoms with Gasteiger partial charge in [-0.15, -0.1) is 0 Å². The van der Waals surface area contributed by atoms with Gasteiger partial charge >= 0.3 is 0 Å². The second-order valence-electron chi connectivity index (χ2n) is 25.5. The topological polar surface area (TPSA) is 26.2 Å². The Morgan fingerprint density at radius 1 is 0.196 bits per heavy atom. The molecule has 0 fully saturated rings. The summed E-state index contributed by atoms with van der Waals surface area (Å²) in [5, 5.41) is 9.70. The quantitative estimate of drug-likeness (QED) is 0.152. The summed E-state index contributed by atoms with van der Waals surface area (Å²) in [5.74, 6) is 0. The zero-order chi connectivity index (χ0) is 63.4. The van der Waals surface area contributed by atoms with Crippen molar-refractivity contribution in [3.8, 4) is 56.1 Å². The Bertz CT molecular complexity index is 6210. The molecular formula is C90H56N6S. The number of fused-ring (bicyclic) bond motifs is 16. The highest BCUT2D eigenvalue weighted by Crippen LogP contribution is 2.65. The maximum Gasteiger partial charge on any atom is 0.0845 e. The van der Waals surface area contributed by atoms with E-state index in [1.54, 1.807) is 0 Å². The van der Waals surface area contributed by atoms with Crippen molar-refractivity contribution in [2.24, 2.45) is 0 Å². The van der Waals surface area contributed by atoms with E-state index >= 15 is 0 Å². The average Bonchev–Trinajstić information content (AvgIpc) is 1.21. The summed E-state index contributed by atoms with van der Waals surface area (Å²) < 4.78 is 9.92. The number of hydrogen-bond acceptors (Lipinski definition) is 3. The fraction of sp³-hybridized carbons (Fsp3) is 0. The van der Waals surface area contributed by atoms with E-state index in [2.05, 4.69) is 368 Å². The van der Waals surface area contributed by atoms with Gasteiger partial charge in [0.1, 0.15) is 0 Å². The molecule has 0 saturated heterocycles. The number of aromatic nitrogens is 4. The van der Waals surface area contributed by atoms with E-state index in [-0.39, 0.29) is 0 Å². The molecule has 0 N–H and O–H groups in total. The molecule has 0 spiro atoms. The Balaban J connectivity index is 0.921. The molecule has 15 aromatic carbocycles. The minimum absolute atomic E-state index is 1.05. The van der Waals surface area contributed by atoms with Crippen LogP contribution < -0.4 is 9.80 Å². The SMILES string of the molecule is c1ccc(-c2cc3c4c(c2)N(c2c(-c5cccc6c7ccccc7n(-c7ccccc7)c56)cccc2-c2cccc5c6ccccc6n(-c6ccccc6)c25)c2cc(-n5c6ccccc6c6ccccc65)ccc2N4c2ccc(-n4c5ccccc5c5ccccc54)cc2S3)cc1. The highest BCUT2D eigenvalue weighted by Gasteiger charge is 2.40. The molecular weight excluding hydrogens is 1200 g/mol. The molecule has 0 bridgehead atoms. The molecule has 6 nitrogen and oxygen atoms in total. The minimum Gasteiger partial charge on any atom is -0.309 e. The Hall–Kier alpha value is -12.6. The van der Waals surface area contributed by atoms with Crippen LogP contribution in [0.15, 0.2) is 350 Å². The van der Waals surface area contributed by atoms with Crippen LogP contribution >= 0.6 is 11.8 Å². The van der Waals surface area contributed by atoms with Crippen molar-refractivity contribution >= 4 is 133 Å². The van der Waals surface area contributed by atoms with Crippen LogP contribution in [-0.2, 0) is 0 Å². The molecule has 2 aliphatic heterocycles. The van der Waals surface area contributed by atoms with Gasteiger partial charge in [0.25, 0.3) is 0 Å². The molecule has 19 aromatic rings. The van der Waals surface area contributed by atoms with E-state index in [1.807, 2.05) is 11.8 Å². The van der Waals surface area contributed by atoms with Crippen LogP contribution in [0.4, 0.5) is 34.1 Å². The van der Waals surface area contributed by atoms with Gasteiger partial charge in [0, 0.05) is 97.9 Å². The fourth-order valence-electron chi connectivity index (χ4n) is 16.4. The third kappa shape index (κ3) is 7.86. The summed E-state index contributed by atoms with van der Waals surface area (Å²) in [5.41, 5.74) is 26.9. The zero-order valence-electron chi connectivity index (χ0n) is 52.4. The Morgan fingerprint density at radius 3 is 1.05 bits per heavy atom. The van der Waals surface area contributed by atoms with Crippen LogP contribution in [0.2, 0.25) is 0 Å².